The number of para-hydroxylation sites is 1. The van der Waals surface area contributed by atoms with Crippen LogP contribution < -0.4 is 4.90 Å². The van der Waals surface area contributed by atoms with E-state index in [4.69, 9.17) is 0 Å². The second-order valence-corrected chi connectivity index (χ2v) is 5.66. The van der Waals surface area contributed by atoms with Gasteiger partial charge in [0.1, 0.15) is 0 Å². The smallest absolute Gasteiger partial charge is 0.230 e. The molecule has 3 rings (SSSR count). The molecule has 2 nitrogen and oxygen atoms in total. The number of hydrogen-bond acceptors (Lipinski definition) is 1. The van der Waals surface area contributed by atoms with Gasteiger partial charge in [0.05, 0.1) is 0 Å². The number of carbonyl (C=O) groups excluding carboxylic acids is 1. The Morgan fingerprint density at radius 1 is 1.32 bits per heavy atom. The maximum absolute atomic E-state index is 12.8. The first kappa shape index (κ1) is 12.5. The molecular formula is C17H21NO. The maximum atomic E-state index is 12.8. The van der Waals surface area contributed by atoms with Crippen molar-refractivity contribution in [1.29, 1.82) is 0 Å². The number of fused-ring (bicyclic) bond motifs is 1. The van der Waals surface area contributed by atoms with Gasteiger partial charge in [-0.1, -0.05) is 30.4 Å². The van der Waals surface area contributed by atoms with E-state index >= 15 is 0 Å². The molecule has 0 radical (unpaired) electrons. The van der Waals surface area contributed by atoms with Crippen molar-refractivity contribution >= 4 is 11.6 Å². The summed E-state index contributed by atoms with van der Waals surface area (Å²) in [6.07, 6.45) is 9.51. The van der Waals surface area contributed by atoms with Gasteiger partial charge >= 0.3 is 0 Å². The van der Waals surface area contributed by atoms with Gasteiger partial charge in [-0.15, -0.1) is 0 Å². The predicted octanol–water partition coefficient (Wildman–Crippen LogP) is 3.63. The zero-order valence-corrected chi connectivity index (χ0v) is 11.6. The fraction of sp³-hybridized carbons (Fsp3) is 0.471. The van der Waals surface area contributed by atoms with E-state index in [2.05, 4.69) is 42.2 Å². The molecule has 1 aromatic rings. The number of hydrogen-bond donors (Lipinski definition) is 0. The van der Waals surface area contributed by atoms with Crippen molar-refractivity contribution in [3.05, 3.63) is 41.5 Å². The number of amides is 1. The van der Waals surface area contributed by atoms with E-state index in [0.717, 1.165) is 38.6 Å². The van der Waals surface area contributed by atoms with E-state index < -0.39 is 0 Å². The lowest BCUT2D eigenvalue weighted by Crippen LogP contribution is -2.40. The topological polar surface area (TPSA) is 20.3 Å². The highest BCUT2D eigenvalue weighted by Crippen LogP contribution is 2.33. The molecule has 2 aliphatic rings. The van der Waals surface area contributed by atoms with Crippen LogP contribution in [0.3, 0.4) is 0 Å². The van der Waals surface area contributed by atoms with Crippen LogP contribution >= 0.6 is 0 Å². The summed E-state index contributed by atoms with van der Waals surface area (Å²) in [4.78, 5) is 14.8. The number of carbonyl (C=O) groups is 1. The molecule has 1 aromatic carbocycles. The van der Waals surface area contributed by atoms with Crippen molar-refractivity contribution in [3.8, 4) is 0 Å². The Balaban J connectivity index is 1.90. The summed E-state index contributed by atoms with van der Waals surface area (Å²) < 4.78 is 0. The number of aryl methyl sites for hydroxylation is 2. The third-order valence-electron chi connectivity index (χ3n) is 4.30. The van der Waals surface area contributed by atoms with Crippen LogP contribution in [-0.4, -0.2) is 12.5 Å². The van der Waals surface area contributed by atoms with Crippen LogP contribution in [0.5, 0.6) is 0 Å². The minimum atomic E-state index is 0.190. The molecule has 1 heterocycles. The van der Waals surface area contributed by atoms with Gasteiger partial charge < -0.3 is 4.90 Å². The Morgan fingerprint density at radius 3 is 3.00 bits per heavy atom. The van der Waals surface area contributed by atoms with Gasteiger partial charge in [-0.3, -0.25) is 4.79 Å². The van der Waals surface area contributed by atoms with Crippen LogP contribution in [0.2, 0.25) is 0 Å². The summed E-state index contributed by atoms with van der Waals surface area (Å²) in [5, 5.41) is 0. The molecule has 1 atom stereocenters. The number of benzene rings is 1. The highest BCUT2D eigenvalue weighted by Gasteiger charge is 2.29. The number of allylic oxidation sites excluding steroid dienone is 2. The Labute approximate surface area is 115 Å². The monoisotopic (exact) mass is 255 g/mol. The van der Waals surface area contributed by atoms with E-state index in [9.17, 15) is 4.79 Å². The summed E-state index contributed by atoms with van der Waals surface area (Å²) in [5.41, 5.74) is 3.76. The molecule has 1 aliphatic carbocycles. The highest BCUT2D eigenvalue weighted by molar-refractivity contribution is 5.97. The van der Waals surface area contributed by atoms with Crippen LogP contribution in [0.15, 0.2) is 30.4 Å². The molecule has 1 aliphatic heterocycles. The summed E-state index contributed by atoms with van der Waals surface area (Å²) in [6, 6.07) is 6.39. The van der Waals surface area contributed by atoms with Gasteiger partial charge in [-0.25, -0.2) is 0 Å². The molecule has 100 valence electrons. The average molecular weight is 255 g/mol. The largest absolute Gasteiger partial charge is 0.312 e. The van der Waals surface area contributed by atoms with Gasteiger partial charge in [0.2, 0.25) is 5.91 Å². The molecule has 0 spiro atoms. The summed E-state index contributed by atoms with van der Waals surface area (Å²) in [6.45, 7) is 3.00. The lowest BCUT2D eigenvalue weighted by Gasteiger charge is -2.34. The Kier molecular flexibility index (Phi) is 3.41. The number of rotatable bonds is 1. The van der Waals surface area contributed by atoms with E-state index in [1.807, 2.05) is 0 Å². The van der Waals surface area contributed by atoms with Gasteiger partial charge in [0.15, 0.2) is 0 Å². The predicted molar refractivity (Wildman–Crippen MR) is 78.3 cm³/mol. The Morgan fingerprint density at radius 2 is 2.21 bits per heavy atom. The van der Waals surface area contributed by atoms with Gasteiger partial charge in [-0.2, -0.15) is 0 Å². The highest BCUT2D eigenvalue weighted by atomic mass is 16.2. The van der Waals surface area contributed by atoms with E-state index in [-0.39, 0.29) is 5.92 Å². The first-order chi connectivity index (χ1) is 9.27. The second-order valence-electron chi connectivity index (χ2n) is 5.66. The Bertz CT molecular complexity index is 518. The fourth-order valence-electron chi connectivity index (χ4n) is 3.31. The number of nitrogens with zero attached hydrogens (tertiary/aromatic N) is 1. The van der Waals surface area contributed by atoms with Crippen LogP contribution in [0.4, 0.5) is 5.69 Å². The van der Waals surface area contributed by atoms with Crippen molar-refractivity contribution in [1.82, 2.24) is 0 Å². The van der Waals surface area contributed by atoms with Crippen molar-refractivity contribution in [2.75, 3.05) is 11.4 Å². The van der Waals surface area contributed by atoms with Crippen LogP contribution in [-0.2, 0) is 11.2 Å². The standard InChI is InChI=1S/C17H21NO/c1-13-7-5-10-14-11-6-12-18(16(13)14)17(19)15-8-3-2-4-9-15/h2-3,5,7,10,15H,4,6,8-9,11-12H2,1H3. The molecule has 0 bridgehead atoms. The van der Waals surface area contributed by atoms with Gasteiger partial charge in [-0.05, 0) is 50.2 Å². The lowest BCUT2D eigenvalue weighted by atomic mass is 9.91. The zero-order chi connectivity index (χ0) is 13.2. The quantitative estimate of drug-likeness (QED) is 0.702. The fourth-order valence-corrected chi connectivity index (χ4v) is 3.31. The van der Waals surface area contributed by atoms with Crippen molar-refractivity contribution in [2.45, 2.75) is 39.0 Å². The van der Waals surface area contributed by atoms with Crippen LogP contribution in [0.25, 0.3) is 0 Å². The lowest BCUT2D eigenvalue weighted by molar-refractivity contribution is -0.122. The molecule has 1 amide bonds. The van der Waals surface area contributed by atoms with E-state index in [0.29, 0.717) is 5.91 Å². The van der Waals surface area contributed by atoms with Crippen molar-refractivity contribution in [3.63, 3.8) is 0 Å². The molecule has 0 saturated carbocycles. The molecule has 1 unspecified atom stereocenters. The SMILES string of the molecule is Cc1cccc2c1N(C(=O)C1CC=CCC1)CCC2. The van der Waals surface area contributed by atoms with Crippen LogP contribution in [0.1, 0.15) is 36.8 Å². The maximum Gasteiger partial charge on any atom is 0.230 e. The molecule has 0 saturated heterocycles. The van der Waals surface area contributed by atoms with Gasteiger partial charge in [0, 0.05) is 18.2 Å². The summed E-state index contributed by atoms with van der Waals surface area (Å²) in [5.74, 6) is 0.523. The normalized spacial score (nSPS) is 22.2. The van der Waals surface area contributed by atoms with Crippen molar-refractivity contribution in [2.24, 2.45) is 5.92 Å². The zero-order valence-electron chi connectivity index (χ0n) is 11.6. The molecular weight excluding hydrogens is 234 g/mol. The first-order valence-electron chi connectivity index (χ1n) is 7.32. The van der Waals surface area contributed by atoms with Crippen LogP contribution in [0, 0.1) is 12.8 Å². The minimum Gasteiger partial charge on any atom is -0.312 e. The van der Waals surface area contributed by atoms with Crippen molar-refractivity contribution < 1.29 is 4.79 Å². The Hall–Kier alpha value is -1.57. The second kappa shape index (κ2) is 5.20. The molecule has 2 heteroatoms. The third kappa shape index (κ3) is 2.32. The number of anilines is 1. The minimum absolute atomic E-state index is 0.190. The van der Waals surface area contributed by atoms with E-state index in [1.165, 1.54) is 16.8 Å². The average Bonchev–Trinajstić information content (AvgIpc) is 2.47. The van der Waals surface area contributed by atoms with E-state index in [1.54, 1.807) is 0 Å². The first-order valence-corrected chi connectivity index (χ1v) is 7.32. The molecule has 0 fully saturated rings. The summed E-state index contributed by atoms with van der Waals surface area (Å²) >= 11 is 0. The van der Waals surface area contributed by atoms with Gasteiger partial charge in [0.25, 0.3) is 0 Å². The molecule has 0 N–H and O–H groups in total. The molecule has 19 heavy (non-hydrogen) atoms. The molecule has 0 aromatic heterocycles. The summed E-state index contributed by atoms with van der Waals surface area (Å²) in [7, 11) is 0. The third-order valence-corrected chi connectivity index (χ3v) is 4.30.